The molecule has 0 aromatic heterocycles. The minimum atomic E-state index is -0.565. The van der Waals surface area contributed by atoms with E-state index >= 15 is 0 Å². The van der Waals surface area contributed by atoms with Crippen molar-refractivity contribution in [1.29, 1.82) is 0 Å². The molecule has 3 heterocycles. The second-order valence-corrected chi connectivity index (χ2v) is 9.15. The number of likely N-dealkylation sites (tertiary alicyclic amines) is 1. The van der Waals surface area contributed by atoms with Crippen molar-refractivity contribution in [2.45, 2.75) is 51.4 Å². The molecule has 1 aliphatic carbocycles. The Morgan fingerprint density at radius 3 is 2.03 bits per heavy atom. The van der Waals surface area contributed by atoms with E-state index < -0.39 is 6.17 Å². The Morgan fingerprint density at radius 1 is 1.12 bits per heavy atom. The van der Waals surface area contributed by atoms with E-state index in [0.29, 0.717) is 32.2 Å². The summed E-state index contributed by atoms with van der Waals surface area (Å²) >= 11 is 0. The summed E-state index contributed by atoms with van der Waals surface area (Å²) in [6.45, 7) is 12.5. The molecule has 0 radical (unpaired) electrons. The molecular formula is C26H43FN4O2. The van der Waals surface area contributed by atoms with Crippen LogP contribution in [0.2, 0.25) is 0 Å². The first-order chi connectivity index (χ1) is 15.9. The largest absolute Gasteiger partial charge is 0.383 e. The first-order valence-corrected chi connectivity index (χ1v) is 12.2. The molecule has 1 N–H and O–H groups in total. The van der Waals surface area contributed by atoms with Crippen LogP contribution in [0.15, 0.2) is 48.7 Å². The lowest BCUT2D eigenvalue weighted by Gasteiger charge is -2.57. The van der Waals surface area contributed by atoms with E-state index in [2.05, 4.69) is 23.8 Å². The summed E-state index contributed by atoms with van der Waals surface area (Å²) in [4.78, 5) is 17.7. The topological polar surface area (TPSA) is 48.1 Å². The van der Waals surface area contributed by atoms with Crippen molar-refractivity contribution in [2.24, 2.45) is 5.92 Å². The van der Waals surface area contributed by atoms with Crippen LogP contribution in [0.5, 0.6) is 0 Å². The molecule has 0 bridgehead atoms. The third-order valence-electron chi connectivity index (χ3n) is 6.60. The summed E-state index contributed by atoms with van der Waals surface area (Å²) in [5.41, 5.74) is 1.36. The van der Waals surface area contributed by atoms with Crippen molar-refractivity contribution < 1.29 is 13.9 Å². The van der Waals surface area contributed by atoms with Crippen molar-refractivity contribution in [1.82, 2.24) is 20.0 Å². The Bertz CT molecular complexity index is 662. The van der Waals surface area contributed by atoms with Gasteiger partial charge in [-0.15, -0.1) is 0 Å². The molecule has 7 heteroatoms. The molecule has 0 spiro atoms. The number of nitrogens with zero attached hydrogens (tertiary/aromatic N) is 3. The van der Waals surface area contributed by atoms with E-state index in [1.54, 1.807) is 7.11 Å². The number of fused-ring (bicyclic) bond motifs is 1. The van der Waals surface area contributed by atoms with Gasteiger partial charge in [0.25, 0.3) is 0 Å². The lowest BCUT2D eigenvalue weighted by Crippen LogP contribution is -2.57. The number of hydrogen-bond donors (Lipinski definition) is 1. The molecule has 3 saturated heterocycles. The Morgan fingerprint density at radius 2 is 1.76 bits per heavy atom. The van der Waals surface area contributed by atoms with Gasteiger partial charge in [0.15, 0.2) is 0 Å². The van der Waals surface area contributed by atoms with E-state index in [-0.39, 0.29) is 6.03 Å². The average molecular weight is 463 g/mol. The highest BCUT2D eigenvalue weighted by Crippen LogP contribution is 2.47. The van der Waals surface area contributed by atoms with Gasteiger partial charge >= 0.3 is 6.03 Å². The van der Waals surface area contributed by atoms with Crippen molar-refractivity contribution >= 4 is 6.03 Å². The lowest BCUT2D eigenvalue weighted by atomic mass is 9.69. The van der Waals surface area contributed by atoms with Crippen LogP contribution < -0.4 is 5.32 Å². The lowest BCUT2D eigenvalue weighted by molar-refractivity contribution is 0.0235. The van der Waals surface area contributed by atoms with Gasteiger partial charge in [0.1, 0.15) is 6.17 Å². The average Bonchev–Trinajstić information content (AvgIpc) is 3.42. The number of alkyl halides is 1. The zero-order valence-corrected chi connectivity index (χ0v) is 20.9. The van der Waals surface area contributed by atoms with Gasteiger partial charge in [0, 0.05) is 64.0 Å². The van der Waals surface area contributed by atoms with Crippen LogP contribution in [0.1, 0.15) is 33.1 Å². The normalized spacial score (nSPS) is 25.0. The molecule has 1 aromatic carbocycles. The smallest absolute Gasteiger partial charge is 0.320 e. The third-order valence-corrected chi connectivity index (χ3v) is 6.60. The number of carbonyl (C=O) groups is 1. The molecule has 3 aliphatic heterocycles. The number of urea groups is 1. The van der Waals surface area contributed by atoms with Crippen LogP contribution in [0.4, 0.5) is 9.18 Å². The fourth-order valence-electron chi connectivity index (χ4n) is 4.22. The van der Waals surface area contributed by atoms with Crippen LogP contribution >= 0.6 is 0 Å². The first-order valence-electron chi connectivity index (χ1n) is 12.2. The zero-order chi connectivity index (χ0) is 24.2. The summed E-state index contributed by atoms with van der Waals surface area (Å²) < 4.78 is 16.8. The number of carbonyl (C=O) groups excluding carboxylic acids is 1. The molecule has 1 saturated carbocycles. The second kappa shape index (κ2) is 14.2. The number of nitrogens with one attached hydrogen (secondary N) is 1. The fourth-order valence-corrected chi connectivity index (χ4v) is 4.22. The maximum absolute atomic E-state index is 11.9. The standard InChI is InChI=1S/C9H18N2O2.C7H11N.C6H6.C4H8FN/c1-8(2)11-5-4-10(9(11)12)6-7-13-3;1-5-6-3-4-7(6)8(5)2;1-2-4-6-5-3-1;5-4-1-2-6-3-4/h8H,4-7H2,1-3H3;6-7H,1,3-4H2,2H3;1-6H;4,6H,1-3H2. The molecule has 6 nitrogen and oxygen atoms in total. The van der Waals surface area contributed by atoms with Crippen molar-refractivity contribution in [3.05, 3.63) is 48.7 Å². The van der Waals surface area contributed by atoms with Crippen LogP contribution in [-0.2, 0) is 4.74 Å². The highest BCUT2D eigenvalue weighted by Gasteiger charge is 2.46. The summed E-state index contributed by atoms with van der Waals surface area (Å²) in [5.74, 6) is 0.889. The summed E-state index contributed by atoms with van der Waals surface area (Å²) in [7, 11) is 3.80. The van der Waals surface area contributed by atoms with Gasteiger partial charge in [-0.05, 0) is 39.7 Å². The SMILES string of the molecule is C=C1C2CCC2N1C.COCCN1CCN(C(C)C)C1=O.FC1CCNC1.c1ccccc1. The van der Waals surface area contributed by atoms with Gasteiger partial charge in [-0.2, -0.15) is 0 Å². The molecule has 33 heavy (non-hydrogen) atoms. The van der Waals surface area contributed by atoms with E-state index in [4.69, 9.17) is 4.74 Å². The second-order valence-electron chi connectivity index (χ2n) is 9.15. The predicted octanol–water partition coefficient (Wildman–Crippen LogP) is 4.01. The minimum Gasteiger partial charge on any atom is -0.383 e. The number of piperidine rings is 1. The van der Waals surface area contributed by atoms with Gasteiger partial charge in [0.05, 0.1) is 6.61 Å². The van der Waals surface area contributed by atoms with Crippen LogP contribution in [0.3, 0.4) is 0 Å². The molecule has 4 fully saturated rings. The molecule has 5 rings (SSSR count). The number of amides is 2. The quantitative estimate of drug-likeness (QED) is 0.735. The number of rotatable bonds is 4. The van der Waals surface area contributed by atoms with Crippen molar-refractivity contribution in [2.75, 3.05) is 53.5 Å². The number of halogens is 1. The monoisotopic (exact) mass is 462 g/mol. The Hall–Kier alpha value is -2.12. The van der Waals surface area contributed by atoms with Crippen molar-refractivity contribution in [3.8, 4) is 0 Å². The first kappa shape index (κ1) is 27.1. The van der Waals surface area contributed by atoms with E-state index in [1.165, 1.54) is 18.5 Å². The summed E-state index contributed by atoms with van der Waals surface area (Å²) in [5, 5.41) is 2.90. The number of benzene rings is 1. The number of hydrogen-bond acceptors (Lipinski definition) is 4. The fraction of sp³-hybridized carbons (Fsp3) is 0.654. The van der Waals surface area contributed by atoms with Gasteiger partial charge in [0.2, 0.25) is 0 Å². The zero-order valence-electron chi connectivity index (χ0n) is 20.9. The van der Waals surface area contributed by atoms with Gasteiger partial charge < -0.3 is 24.8 Å². The van der Waals surface area contributed by atoms with Gasteiger partial charge in [-0.25, -0.2) is 9.18 Å². The van der Waals surface area contributed by atoms with Crippen LogP contribution in [0.25, 0.3) is 0 Å². The summed E-state index contributed by atoms with van der Waals surface area (Å²) in [6.07, 6.45) is 2.94. The third kappa shape index (κ3) is 8.31. The molecule has 3 unspecified atom stereocenters. The molecule has 186 valence electrons. The van der Waals surface area contributed by atoms with Crippen LogP contribution in [0, 0.1) is 5.92 Å². The molecule has 4 aliphatic rings. The molecular weight excluding hydrogens is 419 g/mol. The Labute approximate surface area is 199 Å². The maximum Gasteiger partial charge on any atom is 0.320 e. The molecule has 2 amide bonds. The van der Waals surface area contributed by atoms with Crippen molar-refractivity contribution in [3.63, 3.8) is 0 Å². The predicted molar refractivity (Wildman–Crippen MR) is 133 cm³/mol. The minimum absolute atomic E-state index is 0.145. The van der Waals surface area contributed by atoms with Gasteiger partial charge in [-0.3, -0.25) is 0 Å². The Kier molecular flexibility index (Phi) is 11.7. The molecule has 3 atom stereocenters. The van der Waals surface area contributed by atoms with E-state index in [9.17, 15) is 9.18 Å². The Balaban J connectivity index is 0.000000165. The van der Waals surface area contributed by atoms with Gasteiger partial charge in [-0.1, -0.05) is 43.0 Å². The number of ether oxygens (including phenoxy) is 1. The maximum atomic E-state index is 11.9. The number of methoxy groups -OCH3 is 1. The highest BCUT2D eigenvalue weighted by molar-refractivity contribution is 5.76. The highest BCUT2D eigenvalue weighted by atomic mass is 19.1. The molecule has 1 aromatic rings. The van der Waals surface area contributed by atoms with E-state index in [1.807, 2.05) is 60.0 Å². The van der Waals surface area contributed by atoms with Crippen LogP contribution in [-0.4, -0.2) is 92.5 Å². The summed E-state index contributed by atoms with van der Waals surface area (Å²) in [6, 6.07) is 13.3. The van der Waals surface area contributed by atoms with E-state index in [0.717, 1.165) is 31.6 Å².